The molecule has 3 N–H and O–H groups in total. The number of hydrogen-bond donors (Lipinski definition) is 3. The van der Waals surface area contributed by atoms with Gasteiger partial charge in [0.2, 0.25) is 5.91 Å². The van der Waals surface area contributed by atoms with Gasteiger partial charge in [-0.15, -0.1) is 11.8 Å². The van der Waals surface area contributed by atoms with E-state index >= 15 is 0 Å². The van der Waals surface area contributed by atoms with Crippen LogP contribution in [0.3, 0.4) is 0 Å². The summed E-state index contributed by atoms with van der Waals surface area (Å²) in [6.07, 6.45) is 1.64. The average Bonchev–Trinajstić information content (AvgIpc) is 3.42. The number of amides is 3. The Morgan fingerprint density at radius 1 is 0.723 bits per heavy atom. The molecule has 0 aliphatic carbocycles. The van der Waals surface area contributed by atoms with Crippen molar-refractivity contribution in [1.82, 2.24) is 9.88 Å². The highest BCUT2D eigenvalue weighted by Gasteiger charge is 2.18. The van der Waals surface area contributed by atoms with Gasteiger partial charge in [-0.1, -0.05) is 66.7 Å². The molecule has 234 valence electrons. The predicted molar refractivity (Wildman–Crippen MR) is 192 cm³/mol. The smallest absolute Gasteiger partial charge is 0.272 e. The molecule has 0 radical (unpaired) electrons. The fraction of sp³-hybridized carbons (Fsp3) is 0.103. The largest absolute Gasteiger partial charge is 0.341 e. The van der Waals surface area contributed by atoms with Crippen LogP contribution >= 0.6 is 11.8 Å². The van der Waals surface area contributed by atoms with Crippen molar-refractivity contribution in [3.63, 3.8) is 0 Å². The Hall–Kier alpha value is -5.60. The first-order valence-electron chi connectivity index (χ1n) is 15.4. The minimum atomic E-state index is -0.453. The van der Waals surface area contributed by atoms with E-state index in [4.69, 9.17) is 0 Å². The van der Waals surface area contributed by atoms with Crippen LogP contribution in [0.5, 0.6) is 0 Å². The van der Waals surface area contributed by atoms with E-state index in [1.165, 1.54) is 17.3 Å². The van der Waals surface area contributed by atoms with Crippen LogP contribution in [0, 0.1) is 0 Å². The lowest BCUT2D eigenvalue weighted by molar-refractivity contribution is -0.115. The fourth-order valence-corrected chi connectivity index (χ4v) is 6.31. The molecular formula is C39H34N4O3S. The summed E-state index contributed by atoms with van der Waals surface area (Å²) >= 11 is 1.43. The van der Waals surface area contributed by atoms with Gasteiger partial charge in [-0.3, -0.25) is 14.4 Å². The van der Waals surface area contributed by atoms with Gasteiger partial charge in [-0.2, -0.15) is 0 Å². The summed E-state index contributed by atoms with van der Waals surface area (Å²) in [7, 11) is 0. The maximum absolute atomic E-state index is 13.3. The summed E-state index contributed by atoms with van der Waals surface area (Å²) in [5, 5.41) is 10.6. The van der Waals surface area contributed by atoms with Gasteiger partial charge in [0.05, 0.1) is 5.25 Å². The number of aromatic nitrogens is 1. The summed E-state index contributed by atoms with van der Waals surface area (Å²) in [4.78, 5) is 40.3. The predicted octanol–water partition coefficient (Wildman–Crippen LogP) is 8.34. The molecule has 0 saturated heterocycles. The number of hydrogen-bond acceptors (Lipinski definition) is 4. The van der Waals surface area contributed by atoms with Crippen LogP contribution < -0.4 is 16.0 Å². The van der Waals surface area contributed by atoms with Crippen molar-refractivity contribution in [3.8, 4) is 0 Å². The Kier molecular flexibility index (Phi) is 9.50. The molecule has 1 aromatic heterocycles. The lowest BCUT2D eigenvalue weighted by Crippen LogP contribution is -2.30. The normalized spacial score (nSPS) is 12.1. The van der Waals surface area contributed by atoms with Crippen molar-refractivity contribution in [3.05, 3.63) is 144 Å². The molecule has 0 aliphatic heterocycles. The molecule has 0 fully saturated rings. The van der Waals surface area contributed by atoms with Gasteiger partial charge >= 0.3 is 0 Å². The van der Waals surface area contributed by atoms with E-state index in [0.29, 0.717) is 11.3 Å². The molecule has 0 spiro atoms. The lowest BCUT2D eigenvalue weighted by Gasteiger charge is -2.14. The quantitative estimate of drug-likeness (QED) is 0.104. The standard InChI is InChI=1S/C39H34N4O3S/c1-3-43-35-17-11-10-16-32(35)33-25-30(20-23-36(33)43)41-37(44)26(2)47-31-21-18-29(19-22-31)40-39(46)34(24-27-12-6-4-7-13-27)42-38(45)28-14-8-5-9-15-28/h4-26H,3H2,1-2H3,(H,40,46)(H,41,44)(H,42,45)/b34-24-. The number of carbonyl (C=O) groups is 3. The average molecular weight is 639 g/mol. The van der Waals surface area contributed by atoms with Gasteiger partial charge in [-0.05, 0) is 86.2 Å². The number of nitrogens with one attached hydrogen (secondary N) is 3. The van der Waals surface area contributed by atoms with Gasteiger partial charge in [0, 0.05) is 50.2 Å². The second kappa shape index (κ2) is 14.2. The van der Waals surface area contributed by atoms with Gasteiger partial charge in [0.1, 0.15) is 5.70 Å². The number of carbonyl (C=O) groups excluding carboxylic acids is 3. The zero-order valence-electron chi connectivity index (χ0n) is 26.1. The van der Waals surface area contributed by atoms with Crippen molar-refractivity contribution in [2.75, 3.05) is 10.6 Å². The molecule has 0 bridgehead atoms. The van der Waals surface area contributed by atoms with Crippen LogP contribution in [0.1, 0.15) is 29.8 Å². The lowest BCUT2D eigenvalue weighted by atomic mass is 10.1. The number of benzene rings is 5. The van der Waals surface area contributed by atoms with E-state index in [0.717, 1.165) is 39.0 Å². The third-order valence-corrected chi connectivity index (χ3v) is 8.90. The summed E-state index contributed by atoms with van der Waals surface area (Å²) in [6.45, 7) is 4.86. The van der Waals surface area contributed by atoms with E-state index < -0.39 is 5.91 Å². The molecule has 47 heavy (non-hydrogen) atoms. The Bertz CT molecular complexity index is 2090. The van der Waals surface area contributed by atoms with E-state index in [1.54, 1.807) is 42.5 Å². The summed E-state index contributed by atoms with van der Waals surface area (Å²) < 4.78 is 2.28. The molecule has 1 unspecified atom stereocenters. The van der Waals surface area contributed by atoms with Crippen molar-refractivity contribution in [1.29, 1.82) is 0 Å². The topological polar surface area (TPSA) is 92.2 Å². The van der Waals surface area contributed by atoms with E-state index in [9.17, 15) is 14.4 Å². The third-order valence-electron chi connectivity index (χ3n) is 7.79. The molecule has 5 aromatic carbocycles. The van der Waals surface area contributed by atoms with Crippen molar-refractivity contribution >= 4 is 68.7 Å². The summed E-state index contributed by atoms with van der Waals surface area (Å²) in [5.74, 6) is -0.935. The van der Waals surface area contributed by atoms with Crippen molar-refractivity contribution in [2.45, 2.75) is 30.5 Å². The van der Waals surface area contributed by atoms with E-state index in [-0.39, 0.29) is 22.8 Å². The number of thioether (sulfide) groups is 1. The highest BCUT2D eigenvalue weighted by atomic mass is 32.2. The van der Waals surface area contributed by atoms with Crippen LogP contribution in [0.25, 0.3) is 27.9 Å². The maximum atomic E-state index is 13.3. The molecule has 6 aromatic rings. The number of aryl methyl sites for hydroxylation is 1. The number of anilines is 2. The monoisotopic (exact) mass is 638 g/mol. The first-order valence-corrected chi connectivity index (χ1v) is 16.3. The van der Waals surface area contributed by atoms with Crippen LogP contribution in [0.4, 0.5) is 11.4 Å². The van der Waals surface area contributed by atoms with Gasteiger partial charge in [-0.25, -0.2) is 0 Å². The maximum Gasteiger partial charge on any atom is 0.272 e. The zero-order valence-corrected chi connectivity index (χ0v) is 26.9. The van der Waals surface area contributed by atoms with E-state index in [1.807, 2.05) is 79.7 Å². The second-order valence-electron chi connectivity index (χ2n) is 11.0. The minimum Gasteiger partial charge on any atom is -0.341 e. The van der Waals surface area contributed by atoms with Crippen molar-refractivity contribution < 1.29 is 14.4 Å². The van der Waals surface area contributed by atoms with Gasteiger partial charge in [0.25, 0.3) is 11.8 Å². The molecule has 1 heterocycles. The van der Waals surface area contributed by atoms with Gasteiger partial charge < -0.3 is 20.5 Å². The highest BCUT2D eigenvalue weighted by molar-refractivity contribution is 8.00. The van der Waals surface area contributed by atoms with Crippen LogP contribution in [-0.4, -0.2) is 27.5 Å². The summed E-state index contributed by atoms with van der Waals surface area (Å²) in [5.41, 5.74) is 4.97. The number of nitrogens with zero attached hydrogens (tertiary/aromatic N) is 1. The van der Waals surface area contributed by atoms with Crippen molar-refractivity contribution in [2.24, 2.45) is 0 Å². The molecule has 7 nitrogen and oxygen atoms in total. The van der Waals surface area contributed by atoms with Gasteiger partial charge in [0.15, 0.2) is 0 Å². The molecule has 8 heteroatoms. The highest BCUT2D eigenvalue weighted by Crippen LogP contribution is 2.32. The van der Waals surface area contributed by atoms with Crippen LogP contribution in [0.15, 0.2) is 138 Å². The first kappa shape index (κ1) is 31.4. The fourth-order valence-electron chi connectivity index (χ4n) is 5.45. The Morgan fingerprint density at radius 2 is 1.36 bits per heavy atom. The Labute approximate surface area is 277 Å². The van der Waals surface area contributed by atoms with Crippen LogP contribution in [-0.2, 0) is 16.1 Å². The van der Waals surface area contributed by atoms with E-state index in [2.05, 4.69) is 45.6 Å². The molecule has 0 saturated carbocycles. The number of fused-ring (bicyclic) bond motifs is 3. The SMILES string of the molecule is CCn1c2ccccc2c2cc(NC(=O)C(C)Sc3ccc(NC(=O)/C(=C/c4ccccc4)NC(=O)c4ccccc4)cc3)ccc21. The Balaban J connectivity index is 1.11. The molecular weight excluding hydrogens is 605 g/mol. The number of para-hydroxylation sites is 1. The second-order valence-corrected chi connectivity index (χ2v) is 12.4. The molecule has 0 aliphatic rings. The third kappa shape index (κ3) is 7.29. The zero-order chi connectivity index (χ0) is 32.8. The molecule has 1 atom stereocenters. The molecule has 3 amide bonds. The Morgan fingerprint density at radius 3 is 2.09 bits per heavy atom. The molecule has 6 rings (SSSR count). The number of rotatable bonds is 10. The minimum absolute atomic E-state index is 0.101. The van der Waals surface area contributed by atoms with Crippen LogP contribution in [0.2, 0.25) is 0 Å². The first-order chi connectivity index (χ1) is 22.9. The summed E-state index contributed by atoms with van der Waals surface area (Å²) in [6, 6.07) is 39.7.